The molecule has 7 nitrogen and oxygen atoms in total. The standard InChI is InChI=1S/C31H40N4O3/c1-37-19-20-38-28-16-10-4-9-15-27(28)35-23-33-29(30(35)25-13-7-3-8-14-25)31(36)34-18-17-32-22-26(34)21-24-11-5-2-6-12-24/h2-3,5-8,11-14,23,26-28,32H,4,9-10,15-22H2,1H3/t26-,27+,28+/m1/s1. The average Bonchev–Trinajstić information content (AvgIpc) is 3.27. The Balaban J connectivity index is 1.49. The minimum atomic E-state index is 0.00973. The topological polar surface area (TPSA) is 68.6 Å². The second-order valence-corrected chi connectivity index (χ2v) is 10.4. The van der Waals surface area contributed by atoms with Crippen LogP contribution in [0, 0.1) is 0 Å². The fourth-order valence-corrected chi connectivity index (χ4v) is 5.93. The molecule has 1 aliphatic heterocycles. The van der Waals surface area contributed by atoms with E-state index in [2.05, 4.69) is 46.3 Å². The number of nitrogens with one attached hydrogen (secondary N) is 1. The van der Waals surface area contributed by atoms with Crippen molar-refractivity contribution in [1.29, 1.82) is 0 Å². The summed E-state index contributed by atoms with van der Waals surface area (Å²) < 4.78 is 13.8. The van der Waals surface area contributed by atoms with E-state index >= 15 is 0 Å². The normalized spacial score (nSPS) is 22.2. The molecule has 1 aromatic heterocycles. The molecule has 2 aromatic carbocycles. The Morgan fingerprint density at radius 3 is 2.55 bits per heavy atom. The monoisotopic (exact) mass is 516 g/mol. The quantitative estimate of drug-likeness (QED) is 0.329. The van der Waals surface area contributed by atoms with Crippen LogP contribution in [0.2, 0.25) is 0 Å². The van der Waals surface area contributed by atoms with Gasteiger partial charge in [-0.25, -0.2) is 4.98 Å². The molecule has 0 radical (unpaired) electrons. The second kappa shape index (κ2) is 13.2. The highest BCUT2D eigenvalue weighted by atomic mass is 16.5. The lowest BCUT2D eigenvalue weighted by atomic mass is 10.0. The van der Waals surface area contributed by atoms with E-state index in [-0.39, 0.29) is 24.1 Å². The van der Waals surface area contributed by atoms with E-state index in [1.807, 2.05) is 35.5 Å². The molecule has 202 valence electrons. The maximum atomic E-state index is 14.2. The summed E-state index contributed by atoms with van der Waals surface area (Å²) in [6.45, 7) is 3.38. The lowest BCUT2D eigenvalue weighted by Crippen LogP contribution is -2.54. The number of rotatable bonds is 9. The lowest BCUT2D eigenvalue weighted by Gasteiger charge is -2.36. The summed E-state index contributed by atoms with van der Waals surface area (Å²) >= 11 is 0. The third-order valence-electron chi connectivity index (χ3n) is 7.86. The third-order valence-corrected chi connectivity index (χ3v) is 7.86. The van der Waals surface area contributed by atoms with E-state index < -0.39 is 0 Å². The Labute approximate surface area is 226 Å². The molecule has 2 aliphatic rings. The highest BCUT2D eigenvalue weighted by Gasteiger charge is 2.34. The van der Waals surface area contributed by atoms with Gasteiger partial charge in [-0.3, -0.25) is 4.79 Å². The van der Waals surface area contributed by atoms with Crippen molar-refractivity contribution in [1.82, 2.24) is 19.8 Å². The van der Waals surface area contributed by atoms with Crippen LogP contribution in [0.25, 0.3) is 11.3 Å². The number of benzene rings is 2. The molecule has 0 bridgehead atoms. The first-order valence-corrected chi connectivity index (χ1v) is 14.0. The Morgan fingerprint density at radius 1 is 1.00 bits per heavy atom. The highest BCUT2D eigenvalue weighted by molar-refractivity contribution is 5.98. The summed E-state index contributed by atoms with van der Waals surface area (Å²) in [4.78, 5) is 21.1. The molecule has 1 aliphatic carbocycles. The molecule has 38 heavy (non-hydrogen) atoms. The van der Waals surface area contributed by atoms with Crippen LogP contribution >= 0.6 is 0 Å². The van der Waals surface area contributed by atoms with Crippen LogP contribution in [-0.2, 0) is 15.9 Å². The van der Waals surface area contributed by atoms with Crippen molar-refractivity contribution in [2.45, 2.75) is 56.7 Å². The number of carbonyl (C=O) groups is 1. The maximum absolute atomic E-state index is 14.2. The van der Waals surface area contributed by atoms with Gasteiger partial charge < -0.3 is 24.3 Å². The van der Waals surface area contributed by atoms with E-state index in [0.717, 1.165) is 56.5 Å². The molecule has 3 aromatic rings. The summed E-state index contributed by atoms with van der Waals surface area (Å²) in [5.74, 6) is 0.00973. The van der Waals surface area contributed by atoms with Gasteiger partial charge in [0, 0.05) is 38.3 Å². The van der Waals surface area contributed by atoms with Crippen molar-refractivity contribution in [2.24, 2.45) is 0 Å². The van der Waals surface area contributed by atoms with E-state index in [4.69, 9.17) is 14.5 Å². The molecule has 5 rings (SSSR count). The zero-order valence-corrected chi connectivity index (χ0v) is 22.4. The minimum Gasteiger partial charge on any atom is -0.382 e. The van der Waals surface area contributed by atoms with Gasteiger partial charge in [0.1, 0.15) is 0 Å². The number of hydrogen-bond acceptors (Lipinski definition) is 5. The van der Waals surface area contributed by atoms with Gasteiger partial charge in [0.25, 0.3) is 5.91 Å². The Hall–Kier alpha value is -3.00. The smallest absolute Gasteiger partial charge is 0.275 e. The summed E-state index contributed by atoms with van der Waals surface area (Å²) in [5, 5.41) is 3.49. The largest absolute Gasteiger partial charge is 0.382 e. The molecule has 0 unspecified atom stereocenters. The molecule has 0 spiro atoms. The van der Waals surface area contributed by atoms with Crippen molar-refractivity contribution in [3.05, 3.63) is 78.2 Å². The molecule has 3 atom stereocenters. The molecular formula is C31H40N4O3. The van der Waals surface area contributed by atoms with Gasteiger partial charge in [-0.1, -0.05) is 79.9 Å². The van der Waals surface area contributed by atoms with Crippen molar-refractivity contribution in [2.75, 3.05) is 40.0 Å². The van der Waals surface area contributed by atoms with Crippen molar-refractivity contribution >= 4 is 5.91 Å². The average molecular weight is 517 g/mol. The number of piperazine rings is 1. The first kappa shape index (κ1) is 26.6. The molecular weight excluding hydrogens is 476 g/mol. The third kappa shape index (κ3) is 6.17. The summed E-state index contributed by atoms with van der Waals surface area (Å²) in [5.41, 5.74) is 3.70. The van der Waals surface area contributed by atoms with Gasteiger partial charge >= 0.3 is 0 Å². The Morgan fingerprint density at radius 2 is 1.76 bits per heavy atom. The molecule has 2 fully saturated rings. The van der Waals surface area contributed by atoms with Gasteiger partial charge in [-0.05, 0) is 24.8 Å². The Kier molecular flexibility index (Phi) is 9.23. The van der Waals surface area contributed by atoms with Crippen molar-refractivity contribution < 1.29 is 14.3 Å². The zero-order valence-electron chi connectivity index (χ0n) is 22.4. The second-order valence-electron chi connectivity index (χ2n) is 10.4. The number of ether oxygens (including phenoxy) is 2. The number of methoxy groups -OCH3 is 1. The highest BCUT2D eigenvalue weighted by Crippen LogP contribution is 2.35. The summed E-state index contributed by atoms with van der Waals surface area (Å²) in [7, 11) is 1.70. The lowest BCUT2D eigenvalue weighted by molar-refractivity contribution is -0.0126. The fraction of sp³-hybridized carbons (Fsp3) is 0.484. The molecule has 2 heterocycles. The van der Waals surface area contributed by atoms with Crippen LogP contribution in [0.3, 0.4) is 0 Å². The van der Waals surface area contributed by atoms with Crippen LogP contribution in [0.1, 0.15) is 54.2 Å². The number of nitrogens with zero attached hydrogens (tertiary/aromatic N) is 3. The van der Waals surface area contributed by atoms with E-state index in [0.29, 0.717) is 25.5 Å². The first-order valence-electron chi connectivity index (χ1n) is 14.0. The molecule has 1 amide bonds. The zero-order chi connectivity index (χ0) is 26.2. The fourth-order valence-electron chi connectivity index (χ4n) is 5.93. The van der Waals surface area contributed by atoms with Gasteiger partial charge in [-0.2, -0.15) is 0 Å². The van der Waals surface area contributed by atoms with Gasteiger partial charge in [0.2, 0.25) is 0 Å². The van der Waals surface area contributed by atoms with Gasteiger partial charge in [0.15, 0.2) is 5.69 Å². The van der Waals surface area contributed by atoms with Crippen LogP contribution in [-0.4, -0.2) is 72.5 Å². The number of carbonyl (C=O) groups excluding carboxylic acids is 1. The molecule has 7 heteroatoms. The minimum absolute atomic E-state index is 0.00973. The van der Waals surface area contributed by atoms with E-state index in [1.54, 1.807) is 7.11 Å². The summed E-state index contributed by atoms with van der Waals surface area (Å²) in [6, 6.07) is 20.9. The van der Waals surface area contributed by atoms with Gasteiger partial charge in [-0.15, -0.1) is 0 Å². The Bertz CT molecular complexity index is 1150. The van der Waals surface area contributed by atoms with Crippen LogP contribution in [0.5, 0.6) is 0 Å². The van der Waals surface area contributed by atoms with Gasteiger partial charge in [0.05, 0.1) is 37.4 Å². The predicted molar refractivity (Wildman–Crippen MR) is 149 cm³/mol. The van der Waals surface area contributed by atoms with Crippen LogP contribution in [0.4, 0.5) is 0 Å². The predicted octanol–water partition coefficient (Wildman–Crippen LogP) is 4.74. The van der Waals surface area contributed by atoms with Crippen molar-refractivity contribution in [3.63, 3.8) is 0 Å². The molecule has 1 saturated heterocycles. The number of aromatic nitrogens is 2. The van der Waals surface area contributed by atoms with Crippen LogP contribution in [0.15, 0.2) is 67.0 Å². The summed E-state index contributed by atoms with van der Waals surface area (Å²) in [6.07, 6.45) is 8.26. The van der Waals surface area contributed by atoms with Crippen LogP contribution < -0.4 is 5.32 Å². The first-order chi connectivity index (χ1) is 18.8. The molecule has 1 N–H and O–H groups in total. The number of imidazole rings is 1. The van der Waals surface area contributed by atoms with E-state index in [9.17, 15) is 4.79 Å². The molecule has 1 saturated carbocycles. The van der Waals surface area contributed by atoms with E-state index in [1.165, 1.54) is 12.0 Å². The van der Waals surface area contributed by atoms with Crippen molar-refractivity contribution in [3.8, 4) is 11.3 Å². The maximum Gasteiger partial charge on any atom is 0.275 e. The number of amides is 1. The SMILES string of the molecule is COCCO[C@H]1CCCCC[C@@H]1n1cnc(C(=O)N2CCNC[C@H]2Cc2ccccc2)c1-c1ccccc1. The number of hydrogen-bond donors (Lipinski definition) is 1.